The maximum atomic E-state index is 3.67. The summed E-state index contributed by atoms with van der Waals surface area (Å²) < 4.78 is 1.18. The Morgan fingerprint density at radius 2 is 2.44 bits per heavy atom. The summed E-state index contributed by atoms with van der Waals surface area (Å²) >= 11 is 5.17. The molecule has 0 aliphatic heterocycles. The summed E-state index contributed by atoms with van der Waals surface area (Å²) in [7, 11) is 0. The van der Waals surface area contributed by atoms with E-state index in [0.29, 0.717) is 0 Å². The maximum Gasteiger partial charge on any atom is 0.0317 e. The van der Waals surface area contributed by atoms with Crippen LogP contribution in [-0.4, -0.2) is 0 Å². The standard InChI is InChI=1S/C7H7BrS/c1-3-6-4-7(8)5(2)9-6/h3-4H,1H2,2H3. The molecule has 0 amide bonds. The number of halogens is 1. The molecule has 0 aliphatic carbocycles. The SMILES string of the molecule is C=Cc1cc(Br)c(C)s1. The third-order valence-electron chi connectivity index (χ3n) is 1.08. The molecule has 1 rings (SSSR count). The van der Waals surface area contributed by atoms with Crippen molar-refractivity contribution in [2.75, 3.05) is 0 Å². The van der Waals surface area contributed by atoms with Gasteiger partial charge in [-0.05, 0) is 28.9 Å². The van der Waals surface area contributed by atoms with Crippen molar-refractivity contribution in [2.45, 2.75) is 6.92 Å². The van der Waals surface area contributed by atoms with Gasteiger partial charge in [-0.2, -0.15) is 0 Å². The molecule has 0 bridgehead atoms. The number of aryl methyl sites for hydroxylation is 1. The lowest BCUT2D eigenvalue weighted by molar-refractivity contribution is 1.59. The van der Waals surface area contributed by atoms with E-state index in [9.17, 15) is 0 Å². The topological polar surface area (TPSA) is 0 Å². The van der Waals surface area contributed by atoms with Crippen LogP contribution >= 0.6 is 27.3 Å². The fourth-order valence-electron chi connectivity index (χ4n) is 0.582. The summed E-state index contributed by atoms with van der Waals surface area (Å²) in [5.74, 6) is 0. The third-order valence-corrected chi connectivity index (χ3v) is 3.21. The summed E-state index contributed by atoms with van der Waals surface area (Å²) in [6, 6.07) is 2.08. The molecule has 48 valence electrons. The van der Waals surface area contributed by atoms with Gasteiger partial charge in [0.05, 0.1) is 0 Å². The van der Waals surface area contributed by atoms with Gasteiger partial charge < -0.3 is 0 Å². The first-order chi connectivity index (χ1) is 4.24. The Morgan fingerprint density at radius 3 is 2.67 bits per heavy atom. The minimum Gasteiger partial charge on any atom is -0.140 e. The molecule has 0 saturated carbocycles. The molecule has 0 atom stereocenters. The maximum absolute atomic E-state index is 3.67. The molecular weight excluding hydrogens is 196 g/mol. The van der Waals surface area contributed by atoms with E-state index in [0.717, 1.165) is 0 Å². The monoisotopic (exact) mass is 202 g/mol. The number of hydrogen-bond donors (Lipinski definition) is 0. The lowest BCUT2D eigenvalue weighted by Gasteiger charge is -1.77. The Balaban J connectivity index is 3.11. The Hall–Kier alpha value is -0.0800. The third kappa shape index (κ3) is 1.43. The first-order valence-corrected chi connectivity index (χ1v) is 4.23. The van der Waals surface area contributed by atoms with Gasteiger partial charge in [-0.25, -0.2) is 0 Å². The molecule has 9 heavy (non-hydrogen) atoms. The van der Waals surface area contributed by atoms with Crippen molar-refractivity contribution < 1.29 is 0 Å². The van der Waals surface area contributed by atoms with Gasteiger partial charge in [-0.15, -0.1) is 11.3 Å². The van der Waals surface area contributed by atoms with Crippen LogP contribution in [0, 0.1) is 6.92 Å². The van der Waals surface area contributed by atoms with Crippen LogP contribution in [0.5, 0.6) is 0 Å². The second kappa shape index (κ2) is 2.67. The molecule has 0 spiro atoms. The molecule has 1 aromatic rings. The van der Waals surface area contributed by atoms with E-state index in [1.54, 1.807) is 11.3 Å². The molecule has 0 saturated heterocycles. The number of thiophene rings is 1. The molecule has 2 heteroatoms. The molecular formula is C7H7BrS. The van der Waals surface area contributed by atoms with Crippen molar-refractivity contribution in [3.63, 3.8) is 0 Å². The summed E-state index contributed by atoms with van der Waals surface area (Å²) in [6.45, 7) is 5.76. The molecule has 0 fully saturated rings. The molecule has 0 unspecified atom stereocenters. The first-order valence-electron chi connectivity index (χ1n) is 2.62. The average molecular weight is 203 g/mol. The van der Waals surface area contributed by atoms with Crippen molar-refractivity contribution in [1.29, 1.82) is 0 Å². The van der Waals surface area contributed by atoms with Crippen molar-refractivity contribution in [2.24, 2.45) is 0 Å². The van der Waals surface area contributed by atoms with E-state index in [-0.39, 0.29) is 0 Å². The zero-order chi connectivity index (χ0) is 6.85. The Labute approximate surface area is 67.3 Å². The van der Waals surface area contributed by atoms with Crippen LogP contribution in [0.2, 0.25) is 0 Å². The largest absolute Gasteiger partial charge is 0.140 e. The highest BCUT2D eigenvalue weighted by molar-refractivity contribution is 9.10. The predicted molar refractivity (Wildman–Crippen MR) is 46.8 cm³/mol. The predicted octanol–water partition coefficient (Wildman–Crippen LogP) is 3.46. The zero-order valence-corrected chi connectivity index (χ0v) is 7.55. The summed E-state index contributed by atoms with van der Waals surface area (Å²) in [6.07, 6.45) is 1.86. The van der Waals surface area contributed by atoms with Crippen LogP contribution < -0.4 is 0 Å². The number of rotatable bonds is 1. The van der Waals surface area contributed by atoms with Crippen molar-refractivity contribution in [3.05, 3.63) is 26.9 Å². The van der Waals surface area contributed by atoms with E-state index < -0.39 is 0 Å². The van der Waals surface area contributed by atoms with Crippen molar-refractivity contribution >= 4 is 33.3 Å². The van der Waals surface area contributed by atoms with E-state index in [2.05, 4.69) is 35.5 Å². The second-order valence-corrected chi connectivity index (χ2v) is 3.90. The van der Waals surface area contributed by atoms with Gasteiger partial charge in [0.2, 0.25) is 0 Å². The molecule has 1 aromatic heterocycles. The zero-order valence-electron chi connectivity index (χ0n) is 5.15. The summed E-state index contributed by atoms with van der Waals surface area (Å²) in [5, 5.41) is 0. The normalized spacial score (nSPS) is 9.56. The first kappa shape index (κ1) is 7.03. The highest BCUT2D eigenvalue weighted by Gasteiger charge is 1.97. The Bertz CT molecular complexity index is 205. The number of hydrogen-bond acceptors (Lipinski definition) is 1. The second-order valence-electron chi connectivity index (χ2n) is 1.76. The minimum atomic E-state index is 1.18. The van der Waals surface area contributed by atoms with Gasteiger partial charge in [0, 0.05) is 14.2 Å². The quantitative estimate of drug-likeness (QED) is 0.655. The molecule has 0 aliphatic rings. The van der Waals surface area contributed by atoms with E-state index in [1.165, 1.54) is 14.2 Å². The molecule has 0 nitrogen and oxygen atoms in total. The minimum absolute atomic E-state index is 1.18. The van der Waals surface area contributed by atoms with Crippen LogP contribution in [0.25, 0.3) is 6.08 Å². The smallest absolute Gasteiger partial charge is 0.0317 e. The molecule has 0 N–H and O–H groups in total. The van der Waals surface area contributed by atoms with Gasteiger partial charge in [0.15, 0.2) is 0 Å². The van der Waals surface area contributed by atoms with Gasteiger partial charge >= 0.3 is 0 Å². The molecule has 0 radical (unpaired) electrons. The highest BCUT2D eigenvalue weighted by Crippen LogP contribution is 2.26. The van der Waals surface area contributed by atoms with Crippen molar-refractivity contribution in [3.8, 4) is 0 Å². The Morgan fingerprint density at radius 1 is 1.78 bits per heavy atom. The Kier molecular flexibility index (Phi) is 2.09. The van der Waals surface area contributed by atoms with Crippen LogP contribution in [0.1, 0.15) is 9.75 Å². The van der Waals surface area contributed by atoms with Gasteiger partial charge in [0.1, 0.15) is 0 Å². The van der Waals surface area contributed by atoms with Crippen LogP contribution in [0.4, 0.5) is 0 Å². The van der Waals surface area contributed by atoms with Crippen LogP contribution in [-0.2, 0) is 0 Å². The van der Waals surface area contributed by atoms with Crippen LogP contribution in [0.3, 0.4) is 0 Å². The van der Waals surface area contributed by atoms with Crippen molar-refractivity contribution in [1.82, 2.24) is 0 Å². The van der Waals surface area contributed by atoms with E-state index >= 15 is 0 Å². The van der Waals surface area contributed by atoms with Crippen LogP contribution in [0.15, 0.2) is 17.1 Å². The highest BCUT2D eigenvalue weighted by atomic mass is 79.9. The van der Waals surface area contributed by atoms with E-state index in [1.807, 2.05) is 6.08 Å². The van der Waals surface area contributed by atoms with E-state index in [4.69, 9.17) is 0 Å². The van der Waals surface area contributed by atoms with Gasteiger partial charge in [0.25, 0.3) is 0 Å². The summed E-state index contributed by atoms with van der Waals surface area (Å²) in [5.41, 5.74) is 0. The average Bonchev–Trinajstić information content (AvgIpc) is 2.13. The fraction of sp³-hybridized carbons (Fsp3) is 0.143. The fourth-order valence-corrected chi connectivity index (χ4v) is 1.99. The summed E-state index contributed by atoms with van der Waals surface area (Å²) in [4.78, 5) is 2.53. The molecule has 1 heterocycles. The molecule has 0 aromatic carbocycles. The lowest BCUT2D eigenvalue weighted by atomic mass is 10.4. The van der Waals surface area contributed by atoms with Gasteiger partial charge in [-0.3, -0.25) is 0 Å². The van der Waals surface area contributed by atoms with Gasteiger partial charge in [-0.1, -0.05) is 12.7 Å². The lowest BCUT2D eigenvalue weighted by Crippen LogP contribution is -1.53.